The second-order valence-corrected chi connectivity index (χ2v) is 5.30. The van der Waals surface area contributed by atoms with Gasteiger partial charge in [-0.15, -0.1) is 0 Å². The van der Waals surface area contributed by atoms with Crippen molar-refractivity contribution in [3.8, 4) is 5.75 Å². The number of benzene rings is 1. The van der Waals surface area contributed by atoms with Crippen LogP contribution in [0.3, 0.4) is 0 Å². The Morgan fingerprint density at radius 3 is 2.95 bits per heavy atom. The van der Waals surface area contributed by atoms with Crippen molar-refractivity contribution in [1.29, 1.82) is 0 Å². The zero-order valence-corrected chi connectivity index (χ0v) is 12.4. The molecule has 1 aromatic carbocycles. The van der Waals surface area contributed by atoms with Gasteiger partial charge in [-0.2, -0.15) is 0 Å². The maximum absolute atomic E-state index is 5.43. The van der Waals surface area contributed by atoms with Gasteiger partial charge in [-0.25, -0.2) is 0 Å². The number of ether oxygens (including phenoxy) is 1. The van der Waals surface area contributed by atoms with Crippen molar-refractivity contribution >= 4 is 0 Å². The van der Waals surface area contributed by atoms with Crippen LogP contribution in [0.2, 0.25) is 0 Å². The SMILES string of the molecule is CCN1CCCC1CNC(C)c1ccccc1OC. The van der Waals surface area contributed by atoms with E-state index in [-0.39, 0.29) is 0 Å². The maximum Gasteiger partial charge on any atom is 0.123 e. The van der Waals surface area contributed by atoms with E-state index in [0.717, 1.165) is 18.8 Å². The smallest absolute Gasteiger partial charge is 0.123 e. The van der Waals surface area contributed by atoms with Crippen LogP contribution in [0.1, 0.15) is 38.3 Å². The third kappa shape index (κ3) is 3.48. The first-order valence-corrected chi connectivity index (χ1v) is 7.36. The van der Waals surface area contributed by atoms with E-state index in [0.29, 0.717) is 12.1 Å². The molecule has 1 fully saturated rings. The molecule has 2 atom stereocenters. The molecule has 19 heavy (non-hydrogen) atoms. The van der Waals surface area contributed by atoms with Crippen LogP contribution >= 0.6 is 0 Å². The molecule has 1 heterocycles. The molecule has 0 bridgehead atoms. The lowest BCUT2D eigenvalue weighted by atomic mass is 10.1. The summed E-state index contributed by atoms with van der Waals surface area (Å²) in [4.78, 5) is 2.57. The predicted molar refractivity (Wildman–Crippen MR) is 79.7 cm³/mol. The minimum atomic E-state index is 0.329. The van der Waals surface area contributed by atoms with Crippen LogP contribution in [-0.2, 0) is 0 Å². The second kappa shape index (κ2) is 6.92. The van der Waals surface area contributed by atoms with Gasteiger partial charge in [0.05, 0.1) is 7.11 Å². The van der Waals surface area contributed by atoms with Gasteiger partial charge >= 0.3 is 0 Å². The van der Waals surface area contributed by atoms with Gasteiger partial charge in [-0.3, -0.25) is 4.90 Å². The van der Waals surface area contributed by atoms with E-state index in [1.165, 1.54) is 24.9 Å². The summed E-state index contributed by atoms with van der Waals surface area (Å²) in [7, 11) is 1.74. The zero-order chi connectivity index (χ0) is 13.7. The number of hydrogen-bond acceptors (Lipinski definition) is 3. The van der Waals surface area contributed by atoms with Crippen molar-refractivity contribution in [3.05, 3.63) is 29.8 Å². The first-order chi connectivity index (χ1) is 9.26. The maximum atomic E-state index is 5.43. The molecule has 106 valence electrons. The van der Waals surface area contributed by atoms with Gasteiger partial charge in [0, 0.05) is 24.2 Å². The van der Waals surface area contributed by atoms with Crippen LogP contribution in [0, 0.1) is 0 Å². The average molecular weight is 262 g/mol. The van der Waals surface area contributed by atoms with Crippen LogP contribution in [0.25, 0.3) is 0 Å². The summed E-state index contributed by atoms with van der Waals surface area (Å²) in [5, 5.41) is 3.66. The first kappa shape index (κ1) is 14.4. The number of likely N-dealkylation sites (N-methyl/N-ethyl adjacent to an activating group) is 1. The standard InChI is InChI=1S/C16H26N2O/c1-4-18-11-7-8-14(18)12-17-13(2)15-9-5-6-10-16(15)19-3/h5-6,9-10,13-14,17H,4,7-8,11-12H2,1-3H3. The molecule has 3 nitrogen and oxygen atoms in total. The van der Waals surface area contributed by atoms with E-state index in [2.05, 4.69) is 36.2 Å². The summed E-state index contributed by atoms with van der Waals surface area (Å²) in [6.07, 6.45) is 2.66. The first-order valence-electron chi connectivity index (χ1n) is 7.36. The summed E-state index contributed by atoms with van der Waals surface area (Å²) in [5.74, 6) is 0.973. The molecule has 1 aliphatic heterocycles. The third-order valence-electron chi connectivity index (χ3n) is 4.17. The minimum Gasteiger partial charge on any atom is -0.496 e. The van der Waals surface area contributed by atoms with E-state index in [4.69, 9.17) is 4.74 Å². The Kier molecular flexibility index (Phi) is 5.23. The van der Waals surface area contributed by atoms with Crippen LogP contribution in [0.4, 0.5) is 0 Å². The molecule has 0 aromatic heterocycles. The Bertz CT molecular complexity index is 394. The summed E-state index contributed by atoms with van der Waals surface area (Å²) < 4.78 is 5.43. The molecule has 1 N–H and O–H groups in total. The number of nitrogens with zero attached hydrogens (tertiary/aromatic N) is 1. The summed E-state index contributed by atoms with van der Waals surface area (Å²) in [6.45, 7) is 7.94. The fraction of sp³-hybridized carbons (Fsp3) is 0.625. The molecule has 0 aliphatic carbocycles. The Morgan fingerprint density at radius 2 is 2.21 bits per heavy atom. The quantitative estimate of drug-likeness (QED) is 0.853. The van der Waals surface area contributed by atoms with E-state index in [1.807, 2.05) is 12.1 Å². The van der Waals surface area contributed by atoms with Crippen molar-refractivity contribution in [2.75, 3.05) is 26.7 Å². The van der Waals surface area contributed by atoms with Crippen LogP contribution in [0.15, 0.2) is 24.3 Å². The highest BCUT2D eigenvalue weighted by atomic mass is 16.5. The highest BCUT2D eigenvalue weighted by Gasteiger charge is 2.23. The monoisotopic (exact) mass is 262 g/mol. The van der Waals surface area contributed by atoms with E-state index < -0.39 is 0 Å². The number of methoxy groups -OCH3 is 1. The van der Waals surface area contributed by atoms with Crippen LogP contribution in [0.5, 0.6) is 5.75 Å². The molecule has 0 saturated carbocycles. The molecule has 2 rings (SSSR count). The Balaban J connectivity index is 1.92. The largest absolute Gasteiger partial charge is 0.496 e. The Morgan fingerprint density at radius 1 is 1.42 bits per heavy atom. The molecule has 0 radical (unpaired) electrons. The molecule has 1 aliphatic rings. The highest BCUT2D eigenvalue weighted by molar-refractivity contribution is 5.35. The van der Waals surface area contributed by atoms with Crippen molar-refractivity contribution in [2.24, 2.45) is 0 Å². The fourth-order valence-electron chi connectivity index (χ4n) is 2.99. The van der Waals surface area contributed by atoms with Gasteiger partial charge < -0.3 is 10.1 Å². The van der Waals surface area contributed by atoms with E-state index in [9.17, 15) is 0 Å². The van der Waals surface area contributed by atoms with Gasteiger partial charge in [0.25, 0.3) is 0 Å². The van der Waals surface area contributed by atoms with Gasteiger partial charge in [-0.1, -0.05) is 25.1 Å². The summed E-state index contributed by atoms with van der Waals surface area (Å²) >= 11 is 0. The molecule has 1 aromatic rings. The van der Waals surface area contributed by atoms with E-state index >= 15 is 0 Å². The number of nitrogens with one attached hydrogen (secondary N) is 1. The third-order valence-corrected chi connectivity index (χ3v) is 4.17. The van der Waals surface area contributed by atoms with Gasteiger partial charge in [0.1, 0.15) is 5.75 Å². The summed E-state index contributed by atoms with van der Waals surface area (Å²) in [5.41, 5.74) is 1.24. The van der Waals surface area contributed by atoms with Gasteiger partial charge in [0.15, 0.2) is 0 Å². The molecule has 0 amide bonds. The minimum absolute atomic E-state index is 0.329. The van der Waals surface area contributed by atoms with Crippen molar-refractivity contribution in [2.45, 2.75) is 38.8 Å². The molecule has 2 unspecified atom stereocenters. The van der Waals surface area contributed by atoms with Crippen LogP contribution in [-0.4, -0.2) is 37.7 Å². The van der Waals surface area contributed by atoms with Crippen molar-refractivity contribution in [3.63, 3.8) is 0 Å². The number of hydrogen-bond donors (Lipinski definition) is 1. The van der Waals surface area contributed by atoms with Gasteiger partial charge in [0.2, 0.25) is 0 Å². The fourth-order valence-corrected chi connectivity index (χ4v) is 2.99. The second-order valence-electron chi connectivity index (χ2n) is 5.30. The predicted octanol–water partition coefficient (Wildman–Crippen LogP) is 2.83. The Hall–Kier alpha value is -1.06. The van der Waals surface area contributed by atoms with Crippen molar-refractivity contribution in [1.82, 2.24) is 10.2 Å². The number of rotatable bonds is 6. The van der Waals surface area contributed by atoms with Crippen LogP contribution < -0.4 is 10.1 Å². The lowest BCUT2D eigenvalue weighted by Crippen LogP contribution is -2.38. The molecule has 3 heteroatoms. The molecular formula is C16H26N2O. The average Bonchev–Trinajstić information content (AvgIpc) is 2.92. The Labute approximate surface area is 116 Å². The lowest BCUT2D eigenvalue weighted by molar-refractivity contribution is 0.254. The topological polar surface area (TPSA) is 24.5 Å². The van der Waals surface area contributed by atoms with Gasteiger partial charge in [-0.05, 0) is 38.9 Å². The van der Waals surface area contributed by atoms with E-state index in [1.54, 1.807) is 7.11 Å². The normalized spacial score (nSPS) is 21.5. The molecule has 0 spiro atoms. The zero-order valence-electron chi connectivity index (χ0n) is 12.4. The summed E-state index contributed by atoms with van der Waals surface area (Å²) in [6, 6.07) is 9.29. The number of para-hydroxylation sites is 1. The van der Waals surface area contributed by atoms with Crippen molar-refractivity contribution < 1.29 is 4.74 Å². The molecular weight excluding hydrogens is 236 g/mol. The highest BCUT2D eigenvalue weighted by Crippen LogP contribution is 2.25. The lowest BCUT2D eigenvalue weighted by Gasteiger charge is -2.25. The molecule has 1 saturated heterocycles. The number of likely N-dealkylation sites (tertiary alicyclic amines) is 1.